The predicted octanol–water partition coefficient (Wildman–Crippen LogP) is 0.780. The third kappa shape index (κ3) is 2.36. The van der Waals surface area contributed by atoms with Crippen molar-refractivity contribution in [3.05, 3.63) is 0 Å². The number of ether oxygens (including phenoxy) is 1. The number of morpholine rings is 1. The second-order valence-corrected chi connectivity index (χ2v) is 5.95. The summed E-state index contributed by atoms with van der Waals surface area (Å²) in [6.07, 6.45) is 5.86. The highest BCUT2D eigenvalue weighted by molar-refractivity contribution is 5.85. The average molecular weight is 266 g/mol. The van der Waals surface area contributed by atoms with Crippen molar-refractivity contribution in [1.29, 1.82) is 0 Å². The summed E-state index contributed by atoms with van der Waals surface area (Å²) in [5, 5.41) is 0. The lowest BCUT2D eigenvalue weighted by molar-refractivity contribution is -0.162. The van der Waals surface area contributed by atoms with Crippen LogP contribution in [-0.4, -0.2) is 60.0 Å². The van der Waals surface area contributed by atoms with Crippen molar-refractivity contribution in [2.24, 2.45) is 0 Å². The summed E-state index contributed by atoms with van der Waals surface area (Å²) in [5.74, 6) is 0.244. The van der Waals surface area contributed by atoms with E-state index in [-0.39, 0.29) is 23.9 Å². The topological polar surface area (TPSA) is 49.9 Å². The van der Waals surface area contributed by atoms with Gasteiger partial charge in [0, 0.05) is 19.5 Å². The molecular weight excluding hydrogens is 244 g/mol. The molecule has 1 aliphatic carbocycles. The number of rotatable bonds is 2. The van der Waals surface area contributed by atoms with Crippen LogP contribution in [0, 0.1) is 0 Å². The van der Waals surface area contributed by atoms with E-state index in [0.29, 0.717) is 26.2 Å². The van der Waals surface area contributed by atoms with Gasteiger partial charge in [-0.25, -0.2) is 0 Å². The Kier molecular flexibility index (Phi) is 3.48. The maximum absolute atomic E-state index is 12.5. The monoisotopic (exact) mass is 266 g/mol. The van der Waals surface area contributed by atoms with Crippen molar-refractivity contribution in [2.45, 2.75) is 44.1 Å². The molecule has 3 fully saturated rings. The van der Waals surface area contributed by atoms with Gasteiger partial charge in [-0.15, -0.1) is 0 Å². The maximum atomic E-state index is 12.5. The van der Waals surface area contributed by atoms with E-state index in [2.05, 4.69) is 0 Å². The SMILES string of the molecule is O=C1CCCCN1CC(=O)N1CCOCC12CCC2. The number of piperidine rings is 1. The van der Waals surface area contributed by atoms with Gasteiger partial charge < -0.3 is 14.5 Å². The van der Waals surface area contributed by atoms with E-state index >= 15 is 0 Å². The average Bonchev–Trinajstić information content (AvgIpc) is 2.39. The fourth-order valence-corrected chi connectivity index (χ4v) is 3.40. The zero-order chi connectivity index (χ0) is 13.3. The first-order valence-electron chi connectivity index (χ1n) is 7.37. The molecule has 2 saturated heterocycles. The van der Waals surface area contributed by atoms with E-state index in [1.54, 1.807) is 4.90 Å². The molecule has 0 aromatic carbocycles. The summed E-state index contributed by atoms with van der Waals surface area (Å²) < 4.78 is 5.54. The lowest BCUT2D eigenvalue weighted by atomic mass is 9.75. The summed E-state index contributed by atoms with van der Waals surface area (Å²) in [6.45, 7) is 2.98. The number of nitrogens with zero attached hydrogens (tertiary/aromatic N) is 2. The second kappa shape index (κ2) is 5.12. The third-order valence-corrected chi connectivity index (χ3v) is 4.74. The fourth-order valence-electron chi connectivity index (χ4n) is 3.40. The largest absolute Gasteiger partial charge is 0.377 e. The first-order chi connectivity index (χ1) is 9.21. The van der Waals surface area contributed by atoms with E-state index in [4.69, 9.17) is 4.74 Å². The Morgan fingerprint density at radius 1 is 1.21 bits per heavy atom. The number of amides is 2. The van der Waals surface area contributed by atoms with Gasteiger partial charge in [0.15, 0.2) is 0 Å². The van der Waals surface area contributed by atoms with Gasteiger partial charge in [-0.2, -0.15) is 0 Å². The predicted molar refractivity (Wildman–Crippen MR) is 69.5 cm³/mol. The van der Waals surface area contributed by atoms with Crippen LogP contribution in [0.3, 0.4) is 0 Å². The summed E-state index contributed by atoms with van der Waals surface area (Å²) >= 11 is 0. The third-order valence-electron chi connectivity index (χ3n) is 4.74. The van der Waals surface area contributed by atoms with E-state index in [1.807, 2.05) is 4.90 Å². The molecule has 3 rings (SSSR count). The molecule has 0 N–H and O–H groups in total. The van der Waals surface area contributed by atoms with Gasteiger partial charge >= 0.3 is 0 Å². The molecule has 3 aliphatic rings. The number of hydrogen-bond donors (Lipinski definition) is 0. The maximum Gasteiger partial charge on any atom is 0.242 e. The molecule has 0 aromatic heterocycles. The van der Waals surface area contributed by atoms with E-state index < -0.39 is 0 Å². The number of hydrogen-bond acceptors (Lipinski definition) is 3. The first kappa shape index (κ1) is 12.9. The minimum Gasteiger partial charge on any atom is -0.377 e. The fraction of sp³-hybridized carbons (Fsp3) is 0.857. The smallest absolute Gasteiger partial charge is 0.242 e. The van der Waals surface area contributed by atoms with Gasteiger partial charge in [0.25, 0.3) is 0 Å². The van der Waals surface area contributed by atoms with Gasteiger partial charge in [0.1, 0.15) is 0 Å². The van der Waals surface area contributed by atoms with Crippen LogP contribution < -0.4 is 0 Å². The summed E-state index contributed by atoms with van der Waals surface area (Å²) in [4.78, 5) is 28.0. The normalized spacial score (nSPS) is 26.4. The van der Waals surface area contributed by atoms with Crippen molar-refractivity contribution >= 4 is 11.8 Å². The van der Waals surface area contributed by atoms with E-state index in [9.17, 15) is 9.59 Å². The van der Waals surface area contributed by atoms with Crippen LogP contribution in [0.25, 0.3) is 0 Å². The molecule has 0 atom stereocenters. The highest BCUT2D eigenvalue weighted by atomic mass is 16.5. The molecular formula is C14H22N2O3. The molecule has 2 amide bonds. The van der Waals surface area contributed by atoms with Crippen molar-refractivity contribution in [3.63, 3.8) is 0 Å². The minimum absolute atomic E-state index is 0.0475. The molecule has 1 saturated carbocycles. The Morgan fingerprint density at radius 3 is 2.74 bits per heavy atom. The Balaban J connectivity index is 1.64. The molecule has 1 spiro atoms. The van der Waals surface area contributed by atoms with Gasteiger partial charge in [-0.1, -0.05) is 0 Å². The van der Waals surface area contributed by atoms with Crippen LogP contribution >= 0.6 is 0 Å². The molecule has 2 aliphatic heterocycles. The van der Waals surface area contributed by atoms with Crippen molar-refractivity contribution in [1.82, 2.24) is 9.80 Å². The minimum atomic E-state index is -0.0475. The highest BCUT2D eigenvalue weighted by Crippen LogP contribution is 2.39. The molecule has 5 heteroatoms. The van der Waals surface area contributed by atoms with Gasteiger partial charge in [0.05, 0.1) is 25.3 Å². The zero-order valence-electron chi connectivity index (χ0n) is 11.4. The number of carbonyl (C=O) groups excluding carboxylic acids is 2. The van der Waals surface area contributed by atoms with Crippen LogP contribution in [0.2, 0.25) is 0 Å². The summed E-state index contributed by atoms with van der Waals surface area (Å²) in [7, 11) is 0. The number of carbonyl (C=O) groups is 2. The molecule has 0 aromatic rings. The van der Waals surface area contributed by atoms with E-state index in [1.165, 1.54) is 6.42 Å². The Morgan fingerprint density at radius 2 is 2.05 bits per heavy atom. The Labute approximate surface area is 113 Å². The van der Waals surface area contributed by atoms with Crippen LogP contribution in [0.5, 0.6) is 0 Å². The van der Waals surface area contributed by atoms with Crippen LogP contribution in [-0.2, 0) is 14.3 Å². The molecule has 2 heterocycles. The first-order valence-corrected chi connectivity index (χ1v) is 7.37. The van der Waals surface area contributed by atoms with Crippen LogP contribution in [0.4, 0.5) is 0 Å². The number of likely N-dealkylation sites (tertiary alicyclic amines) is 1. The molecule has 0 radical (unpaired) electrons. The quantitative estimate of drug-likeness (QED) is 0.742. The lowest BCUT2D eigenvalue weighted by Crippen LogP contribution is -2.64. The van der Waals surface area contributed by atoms with Gasteiger partial charge in [-0.3, -0.25) is 9.59 Å². The summed E-state index contributed by atoms with van der Waals surface area (Å²) in [6, 6.07) is 0. The van der Waals surface area contributed by atoms with Crippen molar-refractivity contribution in [2.75, 3.05) is 32.8 Å². The van der Waals surface area contributed by atoms with Crippen molar-refractivity contribution < 1.29 is 14.3 Å². The summed E-state index contributed by atoms with van der Waals surface area (Å²) in [5.41, 5.74) is -0.0475. The zero-order valence-corrected chi connectivity index (χ0v) is 11.4. The Hall–Kier alpha value is -1.10. The molecule has 5 nitrogen and oxygen atoms in total. The second-order valence-electron chi connectivity index (χ2n) is 5.95. The Bertz CT molecular complexity index is 379. The van der Waals surface area contributed by atoms with Crippen LogP contribution in [0.15, 0.2) is 0 Å². The van der Waals surface area contributed by atoms with Gasteiger partial charge in [0.2, 0.25) is 11.8 Å². The molecule has 0 bridgehead atoms. The lowest BCUT2D eigenvalue weighted by Gasteiger charge is -2.53. The van der Waals surface area contributed by atoms with Crippen LogP contribution in [0.1, 0.15) is 38.5 Å². The van der Waals surface area contributed by atoms with Crippen molar-refractivity contribution in [3.8, 4) is 0 Å². The molecule has 106 valence electrons. The van der Waals surface area contributed by atoms with E-state index in [0.717, 1.165) is 32.2 Å². The standard InChI is InChI=1S/C14H22N2O3/c17-12-4-1-2-7-15(12)10-13(18)16-8-9-19-11-14(16)5-3-6-14/h1-11H2. The molecule has 19 heavy (non-hydrogen) atoms. The highest BCUT2D eigenvalue weighted by Gasteiger charge is 2.47. The molecule has 0 unspecified atom stereocenters. The van der Waals surface area contributed by atoms with Gasteiger partial charge in [-0.05, 0) is 32.1 Å².